The molecule has 1 amide bonds. The molecule has 2 rings (SSSR count). The zero-order chi connectivity index (χ0) is 13.1. The van der Waals surface area contributed by atoms with E-state index in [1.165, 1.54) is 6.42 Å². The first-order valence-corrected chi connectivity index (χ1v) is 7.20. The van der Waals surface area contributed by atoms with Gasteiger partial charge in [-0.15, -0.1) is 0 Å². The second kappa shape index (κ2) is 5.85. The minimum Gasteiger partial charge on any atom is -0.348 e. The quantitative estimate of drug-likeness (QED) is 0.882. The van der Waals surface area contributed by atoms with E-state index in [0.717, 1.165) is 34.9 Å². The predicted octanol–water partition coefficient (Wildman–Crippen LogP) is 2.76. The molecule has 2 unspecified atom stereocenters. The molecule has 18 heavy (non-hydrogen) atoms. The SMILES string of the molecule is Cc1c(Br)cccc1C(=O)NC1CCCCC1N. The summed E-state index contributed by atoms with van der Waals surface area (Å²) in [6, 6.07) is 5.88. The van der Waals surface area contributed by atoms with Crippen LogP contribution in [-0.4, -0.2) is 18.0 Å². The van der Waals surface area contributed by atoms with Crippen molar-refractivity contribution in [3.63, 3.8) is 0 Å². The molecule has 0 saturated heterocycles. The van der Waals surface area contributed by atoms with E-state index in [1.54, 1.807) is 0 Å². The first-order valence-electron chi connectivity index (χ1n) is 6.41. The van der Waals surface area contributed by atoms with Crippen LogP contribution in [0.4, 0.5) is 0 Å². The molecule has 0 bridgehead atoms. The summed E-state index contributed by atoms with van der Waals surface area (Å²) in [6.07, 6.45) is 4.31. The van der Waals surface area contributed by atoms with Gasteiger partial charge >= 0.3 is 0 Å². The van der Waals surface area contributed by atoms with Crippen molar-refractivity contribution in [2.75, 3.05) is 0 Å². The lowest BCUT2D eigenvalue weighted by molar-refractivity contribution is 0.0920. The monoisotopic (exact) mass is 310 g/mol. The third kappa shape index (κ3) is 2.93. The number of hydrogen-bond donors (Lipinski definition) is 2. The van der Waals surface area contributed by atoms with Crippen LogP contribution >= 0.6 is 15.9 Å². The van der Waals surface area contributed by atoms with Crippen molar-refractivity contribution in [3.8, 4) is 0 Å². The number of benzene rings is 1. The Bertz CT molecular complexity index is 447. The lowest BCUT2D eigenvalue weighted by Gasteiger charge is -2.29. The normalized spacial score (nSPS) is 23.7. The highest BCUT2D eigenvalue weighted by Gasteiger charge is 2.24. The summed E-state index contributed by atoms with van der Waals surface area (Å²) in [4.78, 5) is 12.2. The Morgan fingerprint density at radius 3 is 2.83 bits per heavy atom. The van der Waals surface area contributed by atoms with E-state index in [4.69, 9.17) is 5.73 Å². The van der Waals surface area contributed by atoms with Crippen molar-refractivity contribution < 1.29 is 4.79 Å². The molecule has 1 aromatic carbocycles. The van der Waals surface area contributed by atoms with Crippen molar-refractivity contribution in [2.24, 2.45) is 5.73 Å². The summed E-state index contributed by atoms with van der Waals surface area (Å²) in [6.45, 7) is 1.94. The molecule has 2 atom stereocenters. The largest absolute Gasteiger partial charge is 0.348 e. The predicted molar refractivity (Wildman–Crippen MR) is 76.6 cm³/mol. The van der Waals surface area contributed by atoms with Crippen LogP contribution < -0.4 is 11.1 Å². The Morgan fingerprint density at radius 1 is 1.39 bits per heavy atom. The number of rotatable bonds is 2. The summed E-state index contributed by atoms with van der Waals surface area (Å²) in [5.41, 5.74) is 7.75. The van der Waals surface area contributed by atoms with E-state index < -0.39 is 0 Å². The van der Waals surface area contributed by atoms with Gasteiger partial charge in [-0.05, 0) is 37.5 Å². The average molecular weight is 311 g/mol. The fraction of sp³-hybridized carbons (Fsp3) is 0.500. The van der Waals surface area contributed by atoms with Crippen LogP contribution in [0.5, 0.6) is 0 Å². The number of halogens is 1. The minimum absolute atomic E-state index is 0.0175. The maximum atomic E-state index is 12.2. The van der Waals surface area contributed by atoms with Crippen molar-refractivity contribution in [1.82, 2.24) is 5.32 Å². The number of carbonyl (C=O) groups is 1. The lowest BCUT2D eigenvalue weighted by Crippen LogP contribution is -2.49. The fourth-order valence-electron chi connectivity index (χ4n) is 2.44. The van der Waals surface area contributed by atoms with E-state index in [0.29, 0.717) is 0 Å². The Morgan fingerprint density at radius 2 is 2.11 bits per heavy atom. The molecule has 0 spiro atoms. The number of nitrogens with two attached hydrogens (primary N) is 1. The van der Waals surface area contributed by atoms with Crippen LogP contribution in [-0.2, 0) is 0 Å². The third-order valence-corrected chi connectivity index (χ3v) is 4.51. The van der Waals surface area contributed by atoms with Crippen LogP contribution in [0.25, 0.3) is 0 Å². The molecular weight excluding hydrogens is 292 g/mol. The van der Waals surface area contributed by atoms with Crippen molar-refractivity contribution >= 4 is 21.8 Å². The topological polar surface area (TPSA) is 55.1 Å². The van der Waals surface area contributed by atoms with Gasteiger partial charge in [-0.25, -0.2) is 0 Å². The standard InChI is InChI=1S/C14H19BrN2O/c1-9-10(5-4-6-11(9)15)14(18)17-13-8-3-2-7-12(13)16/h4-6,12-13H,2-3,7-8,16H2,1H3,(H,17,18). The highest BCUT2D eigenvalue weighted by molar-refractivity contribution is 9.10. The number of nitrogens with one attached hydrogen (secondary N) is 1. The molecule has 0 radical (unpaired) electrons. The van der Waals surface area contributed by atoms with E-state index in [1.807, 2.05) is 25.1 Å². The van der Waals surface area contributed by atoms with Gasteiger partial charge in [0.2, 0.25) is 0 Å². The molecule has 1 aliphatic carbocycles. The maximum absolute atomic E-state index is 12.2. The highest BCUT2D eigenvalue weighted by atomic mass is 79.9. The van der Waals surface area contributed by atoms with E-state index in [9.17, 15) is 4.79 Å². The molecule has 0 heterocycles. The van der Waals surface area contributed by atoms with Crippen molar-refractivity contribution in [2.45, 2.75) is 44.7 Å². The van der Waals surface area contributed by atoms with Gasteiger partial charge in [0.25, 0.3) is 5.91 Å². The van der Waals surface area contributed by atoms with Gasteiger partial charge in [0, 0.05) is 22.1 Å². The highest BCUT2D eigenvalue weighted by Crippen LogP contribution is 2.21. The Hall–Kier alpha value is -0.870. The van der Waals surface area contributed by atoms with Crippen LogP contribution in [0.3, 0.4) is 0 Å². The number of carbonyl (C=O) groups excluding carboxylic acids is 1. The summed E-state index contributed by atoms with van der Waals surface area (Å²) in [5.74, 6) is -0.0175. The second-order valence-corrected chi connectivity index (χ2v) is 5.79. The summed E-state index contributed by atoms with van der Waals surface area (Å²) in [7, 11) is 0. The van der Waals surface area contributed by atoms with Gasteiger partial charge in [-0.3, -0.25) is 4.79 Å². The van der Waals surface area contributed by atoms with Crippen molar-refractivity contribution in [1.29, 1.82) is 0 Å². The molecule has 1 fully saturated rings. The fourth-order valence-corrected chi connectivity index (χ4v) is 2.80. The molecule has 1 aromatic rings. The molecule has 4 heteroatoms. The van der Waals surface area contributed by atoms with Gasteiger partial charge in [0.15, 0.2) is 0 Å². The van der Waals surface area contributed by atoms with E-state index in [-0.39, 0.29) is 18.0 Å². The van der Waals surface area contributed by atoms with Crippen LogP contribution in [0.2, 0.25) is 0 Å². The summed E-state index contributed by atoms with van der Waals surface area (Å²) < 4.78 is 0.961. The zero-order valence-electron chi connectivity index (χ0n) is 10.6. The summed E-state index contributed by atoms with van der Waals surface area (Å²) >= 11 is 3.45. The second-order valence-electron chi connectivity index (χ2n) is 4.94. The first-order chi connectivity index (χ1) is 8.59. The number of hydrogen-bond acceptors (Lipinski definition) is 2. The van der Waals surface area contributed by atoms with Gasteiger partial charge in [-0.1, -0.05) is 34.8 Å². The Labute approximate surface area is 116 Å². The van der Waals surface area contributed by atoms with Gasteiger partial charge in [-0.2, -0.15) is 0 Å². The molecule has 0 aromatic heterocycles. The van der Waals surface area contributed by atoms with Crippen LogP contribution in [0.1, 0.15) is 41.6 Å². The molecule has 1 saturated carbocycles. The smallest absolute Gasteiger partial charge is 0.251 e. The number of amides is 1. The van der Waals surface area contributed by atoms with Gasteiger partial charge in [0.05, 0.1) is 0 Å². The maximum Gasteiger partial charge on any atom is 0.251 e. The molecule has 3 N–H and O–H groups in total. The Kier molecular flexibility index (Phi) is 4.40. The minimum atomic E-state index is -0.0175. The van der Waals surface area contributed by atoms with E-state index >= 15 is 0 Å². The Balaban J connectivity index is 2.09. The van der Waals surface area contributed by atoms with Crippen LogP contribution in [0, 0.1) is 6.92 Å². The molecule has 0 aliphatic heterocycles. The molecule has 98 valence electrons. The lowest BCUT2D eigenvalue weighted by atomic mass is 9.90. The third-order valence-electron chi connectivity index (χ3n) is 3.65. The van der Waals surface area contributed by atoms with E-state index in [2.05, 4.69) is 21.2 Å². The first kappa shape index (κ1) is 13.6. The van der Waals surface area contributed by atoms with Crippen LogP contribution in [0.15, 0.2) is 22.7 Å². The molecular formula is C14H19BrN2O. The van der Waals surface area contributed by atoms with Crippen molar-refractivity contribution in [3.05, 3.63) is 33.8 Å². The average Bonchev–Trinajstić information content (AvgIpc) is 2.35. The molecule has 1 aliphatic rings. The zero-order valence-corrected chi connectivity index (χ0v) is 12.2. The van der Waals surface area contributed by atoms with Gasteiger partial charge < -0.3 is 11.1 Å². The molecule has 3 nitrogen and oxygen atoms in total. The van der Waals surface area contributed by atoms with Gasteiger partial charge in [0.1, 0.15) is 0 Å². The summed E-state index contributed by atoms with van der Waals surface area (Å²) in [5, 5.41) is 3.07.